The van der Waals surface area contributed by atoms with E-state index in [2.05, 4.69) is 0 Å². The summed E-state index contributed by atoms with van der Waals surface area (Å²) in [5.41, 5.74) is 5.76. The Bertz CT molecular complexity index is 319. The normalized spacial score (nSPS) is 12.7. The average Bonchev–Trinajstić information content (AvgIpc) is 2.61. The van der Waals surface area contributed by atoms with E-state index in [1.54, 1.807) is 19.2 Å². The second-order valence-corrected chi connectivity index (χ2v) is 3.58. The van der Waals surface area contributed by atoms with Crippen molar-refractivity contribution in [3.8, 4) is 0 Å². The van der Waals surface area contributed by atoms with Gasteiger partial charge in [0.15, 0.2) is 11.5 Å². The first-order valence-electron chi connectivity index (χ1n) is 4.97. The summed E-state index contributed by atoms with van der Waals surface area (Å²) in [4.78, 5) is 11.6. The van der Waals surface area contributed by atoms with Crippen molar-refractivity contribution in [1.82, 2.24) is 0 Å². The van der Waals surface area contributed by atoms with Gasteiger partial charge in [0.25, 0.3) is 0 Å². The van der Waals surface area contributed by atoms with Crippen LogP contribution in [0.4, 0.5) is 0 Å². The zero-order valence-electron chi connectivity index (χ0n) is 9.16. The number of methoxy groups -OCH3 is 1. The molecule has 84 valence electrons. The minimum absolute atomic E-state index is 0.0493. The fourth-order valence-electron chi connectivity index (χ4n) is 1.29. The summed E-state index contributed by atoms with van der Waals surface area (Å²) in [5, 5.41) is 0. The number of ketones is 1. The second kappa shape index (κ2) is 5.68. The summed E-state index contributed by atoms with van der Waals surface area (Å²) in [6, 6.07) is 3.29. The molecule has 4 nitrogen and oxygen atoms in total. The van der Waals surface area contributed by atoms with Gasteiger partial charge in [-0.2, -0.15) is 0 Å². The Morgan fingerprint density at radius 1 is 1.60 bits per heavy atom. The van der Waals surface area contributed by atoms with Gasteiger partial charge in [-0.15, -0.1) is 0 Å². The molecule has 1 atom stereocenters. The number of furan rings is 1. The summed E-state index contributed by atoms with van der Waals surface area (Å²) >= 11 is 0. The van der Waals surface area contributed by atoms with Crippen LogP contribution in [-0.2, 0) is 4.74 Å². The van der Waals surface area contributed by atoms with Crippen LogP contribution < -0.4 is 5.73 Å². The van der Waals surface area contributed by atoms with Crippen molar-refractivity contribution in [2.24, 2.45) is 5.73 Å². The van der Waals surface area contributed by atoms with Gasteiger partial charge in [0, 0.05) is 26.2 Å². The minimum Gasteiger partial charge on any atom is -0.458 e. The number of ether oxygens (including phenoxy) is 1. The van der Waals surface area contributed by atoms with Gasteiger partial charge in [-0.1, -0.05) is 0 Å². The van der Waals surface area contributed by atoms with Crippen LogP contribution in [0, 0.1) is 6.92 Å². The summed E-state index contributed by atoms with van der Waals surface area (Å²) < 4.78 is 10.1. The molecule has 0 radical (unpaired) electrons. The smallest absolute Gasteiger partial charge is 0.199 e. The Morgan fingerprint density at radius 3 is 2.87 bits per heavy atom. The maximum absolute atomic E-state index is 11.6. The first-order chi connectivity index (χ1) is 7.13. The number of aryl methyl sites for hydroxylation is 1. The predicted molar refractivity (Wildman–Crippen MR) is 56.9 cm³/mol. The van der Waals surface area contributed by atoms with Crippen LogP contribution in [0.2, 0.25) is 0 Å². The van der Waals surface area contributed by atoms with E-state index in [0.29, 0.717) is 25.2 Å². The number of hydrogen-bond acceptors (Lipinski definition) is 4. The monoisotopic (exact) mass is 211 g/mol. The summed E-state index contributed by atoms with van der Waals surface area (Å²) in [7, 11) is 1.62. The maximum Gasteiger partial charge on any atom is 0.199 e. The first kappa shape index (κ1) is 11.9. The van der Waals surface area contributed by atoms with Gasteiger partial charge in [-0.05, 0) is 25.5 Å². The average molecular weight is 211 g/mol. The largest absolute Gasteiger partial charge is 0.458 e. The molecule has 0 fully saturated rings. The number of carbonyl (C=O) groups is 1. The molecule has 0 amide bonds. The van der Waals surface area contributed by atoms with Gasteiger partial charge < -0.3 is 14.9 Å². The lowest BCUT2D eigenvalue weighted by molar-refractivity contribution is 0.0938. The molecule has 0 spiro atoms. The van der Waals surface area contributed by atoms with Crippen LogP contribution in [0.5, 0.6) is 0 Å². The van der Waals surface area contributed by atoms with E-state index in [4.69, 9.17) is 14.9 Å². The molecule has 0 aliphatic carbocycles. The summed E-state index contributed by atoms with van der Waals surface area (Å²) in [5.74, 6) is 1.08. The molecular weight excluding hydrogens is 194 g/mol. The summed E-state index contributed by atoms with van der Waals surface area (Å²) in [6.07, 6.45) is 0.984. The predicted octanol–water partition coefficient (Wildman–Crippen LogP) is 1.52. The molecule has 1 aromatic rings. The number of nitrogens with two attached hydrogens (primary N) is 1. The number of Topliss-reactive ketones (excluding diaryl/α,β-unsaturated/α-hetero) is 1. The standard InChI is InChI=1S/C11H17NO3/c1-8-3-4-11(15-8)10(13)7-9(12)5-6-14-2/h3-4,9H,5-7,12H2,1-2H3. The molecule has 1 aromatic heterocycles. The van der Waals surface area contributed by atoms with E-state index in [1.165, 1.54) is 0 Å². The topological polar surface area (TPSA) is 65.5 Å². The lowest BCUT2D eigenvalue weighted by atomic mass is 10.1. The van der Waals surface area contributed by atoms with E-state index in [9.17, 15) is 4.79 Å². The van der Waals surface area contributed by atoms with Gasteiger partial charge in [-0.3, -0.25) is 4.79 Å². The van der Waals surface area contributed by atoms with Crippen LogP contribution in [0.15, 0.2) is 16.5 Å². The Morgan fingerprint density at radius 2 is 2.33 bits per heavy atom. The van der Waals surface area contributed by atoms with Crippen LogP contribution in [0.1, 0.15) is 29.2 Å². The van der Waals surface area contributed by atoms with Gasteiger partial charge in [0.2, 0.25) is 0 Å². The molecule has 1 rings (SSSR count). The second-order valence-electron chi connectivity index (χ2n) is 3.58. The Hall–Kier alpha value is -1.13. The number of hydrogen-bond donors (Lipinski definition) is 1. The number of rotatable bonds is 6. The lowest BCUT2D eigenvalue weighted by Gasteiger charge is -2.08. The molecule has 0 saturated heterocycles. The van der Waals surface area contributed by atoms with Gasteiger partial charge in [-0.25, -0.2) is 0 Å². The van der Waals surface area contributed by atoms with E-state index in [-0.39, 0.29) is 11.8 Å². The van der Waals surface area contributed by atoms with Crippen molar-refractivity contribution >= 4 is 5.78 Å². The molecule has 0 bridgehead atoms. The van der Waals surface area contributed by atoms with E-state index < -0.39 is 0 Å². The van der Waals surface area contributed by atoms with E-state index >= 15 is 0 Å². The minimum atomic E-state index is -0.164. The Balaban J connectivity index is 2.42. The highest BCUT2D eigenvalue weighted by atomic mass is 16.5. The maximum atomic E-state index is 11.6. The van der Waals surface area contributed by atoms with Crippen molar-refractivity contribution in [3.63, 3.8) is 0 Å². The van der Waals surface area contributed by atoms with Gasteiger partial charge >= 0.3 is 0 Å². The highest BCUT2D eigenvalue weighted by Gasteiger charge is 2.14. The molecule has 1 heterocycles. The number of carbonyl (C=O) groups excluding carboxylic acids is 1. The quantitative estimate of drug-likeness (QED) is 0.724. The molecular formula is C11H17NO3. The van der Waals surface area contributed by atoms with Crippen LogP contribution in [0.25, 0.3) is 0 Å². The van der Waals surface area contributed by atoms with Crippen LogP contribution in [0.3, 0.4) is 0 Å². The fourth-order valence-corrected chi connectivity index (χ4v) is 1.29. The van der Waals surface area contributed by atoms with Crippen molar-refractivity contribution in [3.05, 3.63) is 23.7 Å². The molecule has 4 heteroatoms. The molecule has 2 N–H and O–H groups in total. The van der Waals surface area contributed by atoms with Crippen molar-refractivity contribution in [2.45, 2.75) is 25.8 Å². The molecule has 0 saturated carbocycles. The molecule has 0 aliphatic rings. The summed E-state index contributed by atoms with van der Waals surface area (Å²) in [6.45, 7) is 2.38. The highest BCUT2D eigenvalue weighted by Crippen LogP contribution is 2.10. The third-order valence-electron chi connectivity index (χ3n) is 2.16. The van der Waals surface area contributed by atoms with Crippen molar-refractivity contribution in [1.29, 1.82) is 0 Å². The van der Waals surface area contributed by atoms with E-state index in [0.717, 1.165) is 5.76 Å². The fraction of sp³-hybridized carbons (Fsp3) is 0.545. The Kier molecular flexibility index (Phi) is 4.52. The molecule has 0 aliphatic heterocycles. The van der Waals surface area contributed by atoms with Crippen molar-refractivity contribution in [2.75, 3.05) is 13.7 Å². The third kappa shape index (κ3) is 3.85. The first-order valence-corrected chi connectivity index (χ1v) is 4.97. The van der Waals surface area contributed by atoms with Crippen LogP contribution >= 0.6 is 0 Å². The zero-order chi connectivity index (χ0) is 11.3. The molecule has 15 heavy (non-hydrogen) atoms. The van der Waals surface area contributed by atoms with Gasteiger partial charge in [0.05, 0.1) is 0 Å². The Labute approximate surface area is 89.4 Å². The third-order valence-corrected chi connectivity index (χ3v) is 2.16. The molecule has 1 unspecified atom stereocenters. The van der Waals surface area contributed by atoms with Gasteiger partial charge in [0.1, 0.15) is 5.76 Å². The molecule has 0 aromatic carbocycles. The van der Waals surface area contributed by atoms with Crippen molar-refractivity contribution < 1.29 is 13.9 Å². The zero-order valence-corrected chi connectivity index (χ0v) is 9.16. The highest BCUT2D eigenvalue weighted by molar-refractivity contribution is 5.93. The van der Waals surface area contributed by atoms with Crippen LogP contribution in [-0.4, -0.2) is 25.5 Å². The SMILES string of the molecule is COCCC(N)CC(=O)c1ccc(C)o1. The van der Waals surface area contributed by atoms with E-state index in [1.807, 2.05) is 6.92 Å². The lowest BCUT2D eigenvalue weighted by Crippen LogP contribution is -2.25.